The normalized spacial score (nSPS) is 16.5. The lowest BCUT2D eigenvalue weighted by molar-refractivity contribution is 0.200. The van der Waals surface area contributed by atoms with Gasteiger partial charge in [0, 0.05) is 26.1 Å². The van der Waals surface area contributed by atoms with Crippen LogP contribution < -0.4 is 5.32 Å². The number of hydrogen-bond acceptors (Lipinski definition) is 2. The van der Waals surface area contributed by atoms with Crippen LogP contribution in [-0.4, -0.2) is 30.6 Å². The van der Waals surface area contributed by atoms with Crippen molar-refractivity contribution in [3.8, 4) is 0 Å². The van der Waals surface area contributed by atoms with Crippen molar-refractivity contribution in [3.05, 3.63) is 24.2 Å². The third-order valence-corrected chi connectivity index (χ3v) is 3.55. The number of amides is 2. The van der Waals surface area contributed by atoms with Gasteiger partial charge >= 0.3 is 6.03 Å². The summed E-state index contributed by atoms with van der Waals surface area (Å²) >= 11 is 0. The number of carbonyl (C=O) groups is 1. The van der Waals surface area contributed by atoms with E-state index in [1.165, 1.54) is 19.3 Å². The Morgan fingerprint density at radius 2 is 2.22 bits per heavy atom. The van der Waals surface area contributed by atoms with Gasteiger partial charge in [-0.3, -0.25) is 0 Å². The molecule has 0 saturated heterocycles. The van der Waals surface area contributed by atoms with E-state index >= 15 is 0 Å². The van der Waals surface area contributed by atoms with Gasteiger partial charge in [0.2, 0.25) is 0 Å². The van der Waals surface area contributed by atoms with Crippen LogP contribution in [0.5, 0.6) is 0 Å². The number of carbonyl (C=O) groups excluding carboxylic acids is 1. The monoisotopic (exact) mass is 250 g/mol. The summed E-state index contributed by atoms with van der Waals surface area (Å²) in [6.07, 6.45) is 8.46. The molecule has 1 heterocycles. The molecule has 1 N–H and O–H groups in total. The van der Waals surface area contributed by atoms with E-state index in [0.29, 0.717) is 12.6 Å². The lowest BCUT2D eigenvalue weighted by atomic mass is 9.96. The second-order valence-corrected chi connectivity index (χ2v) is 5.04. The highest BCUT2D eigenvalue weighted by Gasteiger charge is 2.17. The zero-order chi connectivity index (χ0) is 12.8. The molecule has 1 aromatic rings. The summed E-state index contributed by atoms with van der Waals surface area (Å²) in [5, 5.41) is 3.11. The van der Waals surface area contributed by atoms with E-state index in [1.807, 2.05) is 19.2 Å². The zero-order valence-electron chi connectivity index (χ0n) is 11.0. The second kappa shape index (κ2) is 6.47. The Labute approximate surface area is 108 Å². The number of likely N-dealkylation sites (N-methyl/N-ethyl adjacent to an activating group) is 1. The first-order valence-corrected chi connectivity index (χ1v) is 6.80. The third-order valence-electron chi connectivity index (χ3n) is 3.55. The Morgan fingerprint density at radius 3 is 2.89 bits per heavy atom. The van der Waals surface area contributed by atoms with Gasteiger partial charge in [0.15, 0.2) is 0 Å². The number of urea groups is 1. The summed E-state index contributed by atoms with van der Waals surface area (Å²) in [6, 6.07) is 4.22. The molecule has 0 spiro atoms. The molecule has 0 atom stereocenters. The van der Waals surface area contributed by atoms with Crippen molar-refractivity contribution in [3.63, 3.8) is 0 Å². The lowest BCUT2D eigenvalue weighted by Gasteiger charge is -2.26. The third kappa shape index (κ3) is 3.79. The van der Waals surface area contributed by atoms with Gasteiger partial charge in [0.05, 0.1) is 6.26 Å². The molecule has 1 saturated carbocycles. The SMILES string of the molecule is CN(CCc1ccco1)C(=O)NC1CCCCC1. The van der Waals surface area contributed by atoms with E-state index in [9.17, 15) is 4.79 Å². The molecule has 1 aliphatic carbocycles. The van der Waals surface area contributed by atoms with Gasteiger partial charge in [-0.05, 0) is 25.0 Å². The quantitative estimate of drug-likeness (QED) is 0.893. The molecule has 1 aromatic heterocycles. The molecule has 2 rings (SSSR count). The van der Waals surface area contributed by atoms with E-state index in [4.69, 9.17) is 4.42 Å². The minimum atomic E-state index is 0.0356. The van der Waals surface area contributed by atoms with Crippen LogP contribution in [0.4, 0.5) is 4.79 Å². The first-order chi connectivity index (χ1) is 8.75. The molecule has 0 aliphatic heterocycles. The first kappa shape index (κ1) is 13.0. The molecule has 4 heteroatoms. The predicted molar refractivity (Wildman–Crippen MR) is 70.4 cm³/mol. The van der Waals surface area contributed by atoms with E-state index in [1.54, 1.807) is 11.2 Å². The van der Waals surface area contributed by atoms with Crippen molar-refractivity contribution < 1.29 is 9.21 Å². The van der Waals surface area contributed by atoms with Gasteiger partial charge in [-0.25, -0.2) is 4.79 Å². The molecule has 0 radical (unpaired) electrons. The van der Waals surface area contributed by atoms with Gasteiger partial charge in [0.25, 0.3) is 0 Å². The van der Waals surface area contributed by atoms with Crippen LogP contribution in [0.1, 0.15) is 37.9 Å². The smallest absolute Gasteiger partial charge is 0.317 e. The van der Waals surface area contributed by atoms with Crippen molar-refractivity contribution in [2.75, 3.05) is 13.6 Å². The highest BCUT2D eigenvalue weighted by atomic mass is 16.3. The van der Waals surface area contributed by atoms with E-state index < -0.39 is 0 Å². The highest BCUT2D eigenvalue weighted by molar-refractivity contribution is 5.74. The summed E-state index contributed by atoms with van der Waals surface area (Å²) in [4.78, 5) is 13.7. The molecule has 18 heavy (non-hydrogen) atoms. The molecule has 1 fully saturated rings. The summed E-state index contributed by atoms with van der Waals surface area (Å²) in [5.41, 5.74) is 0. The number of nitrogens with one attached hydrogen (secondary N) is 1. The Morgan fingerprint density at radius 1 is 1.44 bits per heavy atom. The average Bonchev–Trinajstić information content (AvgIpc) is 2.90. The largest absolute Gasteiger partial charge is 0.469 e. The number of rotatable bonds is 4. The second-order valence-electron chi connectivity index (χ2n) is 5.04. The van der Waals surface area contributed by atoms with E-state index in [2.05, 4.69) is 5.32 Å². The molecule has 1 aliphatic rings. The Balaban J connectivity index is 1.70. The fraction of sp³-hybridized carbons (Fsp3) is 0.643. The number of furan rings is 1. The Hall–Kier alpha value is -1.45. The van der Waals surface area contributed by atoms with Crippen LogP contribution in [0.25, 0.3) is 0 Å². The maximum atomic E-state index is 12.0. The summed E-state index contributed by atoms with van der Waals surface area (Å²) in [6.45, 7) is 0.687. The topological polar surface area (TPSA) is 45.5 Å². The summed E-state index contributed by atoms with van der Waals surface area (Å²) < 4.78 is 5.26. The van der Waals surface area contributed by atoms with Crippen LogP contribution in [0.15, 0.2) is 22.8 Å². The van der Waals surface area contributed by atoms with Crippen LogP contribution in [0.2, 0.25) is 0 Å². The van der Waals surface area contributed by atoms with E-state index in [0.717, 1.165) is 25.0 Å². The van der Waals surface area contributed by atoms with Crippen molar-refractivity contribution >= 4 is 6.03 Å². The maximum Gasteiger partial charge on any atom is 0.317 e. The summed E-state index contributed by atoms with van der Waals surface area (Å²) in [5.74, 6) is 0.923. The van der Waals surface area contributed by atoms with Gasteiger partial charge in [-0.2, -0.15) is 0 Å². The van der Waals surface area contributed by atoms with Crippen molar-refractivity contribution in [2.45, 2.75) is 44.6 Å². The fourth-order valence-corrected chi connectivity index (χ4v) is 2.37. The first-order valence-electron chi connectivity index (χ1n) is 6.80. The van der Waals surface area contributed by atoms with Gasteiger partial charge in [0.1, 0.15) is 5.76 Å². The number of hydrogen-bond donors (Lipinski definition) is 1. The molecule has 4 nitrogen and oxygen atoms in total. The van der Waals surface area contributed by atoms with Crippen LogP contribution in [-0.2, 0) is 6.42 Å². The maximum absolute atomic E-state index is 12.0. The van der Waals surface area contributed by atoms with Crippen LogP contribution in [0.3, 0.4) is 0 Å². The van der Waals surface area contributed by atoms with Gasteiger partial charge in [-0.1, -0.05) is 19.3 Å². The minimum Gasteiger partial charge on any atom is -0.469 e. The zero-order valence-corrected chi connectivity index (χ0v) is 11.0. The Bertz CT molecular complexity index is 356. The van der Waals surface area contributed by atoms with Crippen molar-refractivity contribution in [1.29, 1.82) is 0 Å². The molecule has 0 aromatic carbocycles. The minimum absolute atomic E-state index is 0.0356. The Kier molecular flexibility index (Phi) is 4.67. The molecule has 100 valence electrons. The average molecular weight is 250 g/mol. The van der Waals surface area contributed by atoms with Crippen LogP contribution in [0, 0.1) is 0 Å². The predicted octanol–water partition coefficient (Wildman–Crippen LogP) is 2.80. The van der Waals surface area contributed by atoms with Crippen LogP contribution >= 0.6 is 0 Å². The van der Waals surface area contributed by atoms with Gasteiger partial charge < -0.3 is 14.6 Å². The van der Waals surface area contributed by atoms with Crippen molar-refractivity contribution in [1.82, 2.24) is 10.2 Å². The molecule has 0 bridgehead atoms. The molecular formula is C14H22N2O2. The van der Waals surface area contributed by atoms with E-state index in [-0.39, 0.29) is 6.03 Å². The fourth-order valence-electron chi connectivity index (χ4n) is 2.37. The van der Waals surface area contributed by atoms with Gasteiger partial charge in [-0.15, -0.1) is 0 Å². The number of nitrogens with zero attached hydrogens (tertiary/aromatic N) is 1. The molecule has 0 unspecified atom stereocenters. The van der Waals surface area contributed by atoms with Crippen molar-refractivity contribution in [2.24, 2.45) is 0 Å². The molecular weight excluding hydrogens is 228 g/mol. The molecule has 2 amide bonds. The summed E-state index contributed by atoms with van der Waals surface area (Å²) in [7, 11) is 1.83. The highest BCUT2D eigenvalue weighted by Crippen LogP contribution is 2.17. The lowest BCUT2D eigenvalue weighted by Crippen LogP contribution is -2.44. The standard InChI is InChI=1S/C14H22N2O2/c1-16(10-9-13-8-5-11-18-13)14(17)15-12-6-3-2-4-7-12/h5,8,11-12H,2-4,6-7,9-10H2,1H3,(H,15,17).